The van der Waals surface area contributed by atoms with Gasteiger partial charge in [-0.25, -0.2) is 0 Å². The van der Waals surface area contributed by atoms with Crippen LogP contribution in [0.5, 0.6) is 5.75 Å². The third-order valence-electron chi connectivity index (χ3n) is 2.73. The quantitative estimate of drug-likeness (QED) is 0.832. The number of benzene rings is 1. The van der Waals surface area contributed by atoms with Gasteiger partial charge in [-0.3, -0.25) is 0 Å². The molecule has 0 saturated carbocycles. The van der Waals surface area contributed by atoms with Crippen molar-refractivity contribution in [2.75, 3.05) is 18.9 Å². The molecule has 0 radical (unpaired) electrons. The zero-order valence-corrected chi connectivity index (χ0v) is 9.67. The summed E-state index contributed by atoms with van der Waals surface area (Å²) in [5.41, 5.74) is 4.72. The Morgan fingerprint density at radius 1 is 1.17 bits per heavy atom. The Kier molecular flexibility index (Phi) is 3.65. The van der Waals surface area contributed by atoms with E-state index >= 15 is 0 Å². The smallest absolute Gasteiger partial charge is 0.416 e. The molecule has 100 valence electrons. The molecule has 6 heteroatoms. The topological polar surface area (TPSA) is 44.5 Å². The maximum atomic E-state index is 12.6. The Labute approximate surface area is 103 Å². The van der Waals surface area contributed by atoms with Crippen molar-refractivity contribution in [2.24, 2.45) is 0 Å². The van der Waals surface area contributed by atoms with Crippen molar-refractivity contribution in [1.29, 1.82) is 0 Å². The number of anilines is 1. The van der Waals surface area contributed by atoms with E-state index in [-0.39, 0.29) is 17.5 Å². The van der Waals surface area contributed by atoms with Crippen molar-refractivity contribution in [1.82, 2.24) is 0 Å². The molecule has 1 fully saturated rings. The molecule has 2 N–H and O–H groups in total. The van der Waals surface area contributed by atoms with Crippen LogP contribution in [0.1, 0.15) is 18.4 Å². The van der Waals surface area contributed by atoms with Crippen molar-refractivity contribution in [2.45, 2.75) is 25.1 Å². The Balaban J connectivity index is 2.14. The average Bonchev–Trinajstić information content (AvgIpc) is 2.28. The van der Waals surface area contributed by atoms with E-state index in [1.54, 1.807) is 0 Å². The first kappa shape index (κ1) is 13.0. The molecule has 0 unspecified atom stereocenters. The van der Waals surface area contributed by atoms with Crippen molar-refractivity contribution >= 4 is 5.69 Å². The van der Waals surface area contributed by atoms with Gasteiger partial charge >= 0.3 is 6.18 Å². The van der Waals surface area contributed by atoms with Crippen molar-refractivity contribution in [3.63, 3.8) is 0 Å². The van der Waals surface area contributed by atoms with Crippen LogP contribution in [-0.2, 0) is 10.9 Å². The third kappa shape index (κ3) is 3.29. The van der Waals surface area contributed by atoms with Gasteiger partial charge in [-0.15, -0.1) is 0 Å². The van der Waals surface area contributed by atoms with Gasteiger partial charge < -0.3 is 15.2 Å². The number of nitrogens with two attached hydrogens (primary N) is 1. The maximum Gasteiger partial charge on any atom is 0.416 e. The predicted molar refractivity (Wildman–Crippen MR) is 60.3 cm³/mol. The lowest BCUT2D eigenvalue weighted by Crippen LogP contribution is -2.26. The van der Waals surface area contributed by atoms with Gasteiger partial charge in [0.15, 0.2) is 0 Å². The predicted octanol–water partition coefficient (Wildman–Crippen LogP) is 2.85. The minimum absolute atomic E-state index is 0.0480. The molecule has 0 aliphatic carbocycles. The van der Waals surface area contributed by atoms with E-state index in [2.05, 4.69) is 0 Å². The second kappa shape index (κ2) is 5.06. The lowest BCUT2D eigenvalue weighted by molar-refractivity contribution is -0.137. The first-order chi connectivity index (χ1) is 8.45. The highest BCUT2D eigenvalue weighted by atomic mass is 19.4. The van der Waals surface area contributed by atoms with Crippen LogP contribution < -0.4 is 10.5 Å². The summed E-state index contributed by atoms with van der Waals surface area (Å²) in [7, 11) is 0. The fourth-order valence-corrected chi connectivity index (χ4v) is 1.84. The number of nitrogen functional groups attached to an aromatic ring is 1. The van der Waals surface area contributed by atoms with E-state index in [1.807, 2.05) is 0 Å². The van der Waals surface area contributed by atoms with E-state index in [1.165, 1.54) is 6.07 Å². The van der Waals surface area contributed by atoms with Gasteiger partial charge in [-0.1, -0.05) is 0 Å². The van der Waals surface area contributed by atoms with E-state index in [9.17, 15) is 13.2 Å². The van der Waals surface area contributed by atoms with Gasteiger partial charge in [0.2, 0.25) is 0 Å². The summed E-state index contributed by atoms with van der Waals surface area (Å²) in [6, 6.07) is 3.29. The Morgan fingerprint density at radius 2 is 1.83 bits per heavy atom. The maximum absolute atomic E-state index is 12.6. The molecular weight excluding hydrogens is 247 g/mol. The van der Waals surface area contributed by atoms with Gasteiger partial charge in [0.1, 0.15) is 11.9 Å². The third-order valence-corrected chi connectivity index (χ3v) is 2.73. The molecule has 0 aromatic heterocycles. The van der Waals surface area contributed by atoms with Gasteiger partial charge in [0, 0.05) is 24.6 Å². The van der Waals surface area contributed by atoms with E-state index in [4.69, 9.17) is 15.2 Å². The monoisotopic (exact) mass is 261 g/mol. The summed E-state index contributed by atoms with van der Waals surface area (Å²) in [6.45, 7) is 1.14. The van der Waals surface area contributed by atoms with Gasteiger partial charge in [-0.2, -0.15) is 13.2 Å². The zero-order chi connectivity index (χ0) is 13.2. The summed E-state index contributed by atoms with van der Waals surface area (Å²) in [5.74, 6) is 0.161. The SMILES string of the molecule is Nc1cc(OC2CCOCC2)cc(C(F)(F)F)c1. The van der Waals surface area contributed by atoms with Crippen LogP contribution in [0.25, 0.3) is 0 Å². The van der Waals surface area contributed by atoms with Gasteiger partial charge in [-0.05, 0) is 12.1 Å². The molecule has 0 amide bonds. The molecule has 0 spiro atoms. The van der Waals surface area contributed by atoms with Crippen LogP contribution in [0, 0.1) is 0 Å². The number of hydrogen-bond donors (Lipinski definition) is 1. The normalized spacial score (nSPS) is 17.7. The first-order valence-corrected chi connectivity index (χ1v) is 5.67. The zero-order valence-electron chi connectivity index (χ0n) is 9.67. The van der Waals surface area contributed by atoms with E-state index < -0.39 is 11.7 Å². The minimum Gasteiger partial charge on any atom is -0.490 e. The second-order valence-corrected chi connectivity index (χ2v) is 4.22. The van der Waals surface area contributed by atoms with Crippen LogP contribution in [0.3, 0.4) is 0 Å². The Hall–Kier alpha value is -1.43. The highest BCUT2D eigenvalue weighted by molar-refractivity contribution is 5.48. The summed E-state index contributed by atoms with van der Waals surface area (Å²) in [6.07, 6.45) is -3.17. The van der Waals surface area contributed by atoms with Gasteiger partial charge in [0.05, 0.1) is 18.8 Å². The molecule has 3 nitrogen and oxygen atoms in total. The molecule has 0 atom stereocenters. The molecule has 1 aromatic carbocycles. The molecule has 0 bridgehead atoms. The van der Waals surface area contributed by atoms with E-state index in [0.29, 0.717) is 26.1 Å². The molecule has 1 aliphatic rings. The molecule has 1 aliphatic heterocycles. The fourth-order valence-electron chi connectivity index (χ4n) is 1.84. The molecule has 2 rings (SSSR count). The van der Waals surface area contributed by atoms with Crippen molar-refractivity contribution in [3.05, 3.63) is 23.8 Å². The summed E-state index contributed by atoms with van der Waals surface area (Å²) >= 11 is 0. The summed E-state index contributed by atoms with van der Waals surface area (Å²) < 4.78 is 48.5. The lowest BCUT2D eigenvalue weighted by atomic mass is 10.1. The Bertz CT molecular complexity index is 414. The molecule has 18 heavy (non-hydrogen) atoms. The van der Waals surface area contributed by atoms with Crippen LogP contribution in [0.15, 0.2) is 18.2 Å². The van der Waals surface area contributed by atoms with E-state index in [0.717, 1.165) is 12.1 Å². The van der Waals surface area contributed by atoms with Crippen molar-refractivity contribution < 1.29 is 22.6 Å². The summed E-state index contributed by atoms with van der Waals surface area (Å²) in [5, 5.41) is 0. The largest absolute Gasteiger partial charge is 0.490 e. The Morgan fingerprint density at radius 3 is 2.44 bits per heavy atom. The number of rotatable bonds is 2. The molecule has 1 aromatic rings. The lowest BCUT2D eigenvalue weighted by Gasteiger charge is -2.23. The molecule has 1 saturated heterocycles. The molecular formula is C12H14F3NO2. The summed E-state index contributed by atoms with van der Waals surface area (Å²) in [4.78, 5) is 0. The van der Waals surface area contributed by atoms with Crippen LogP contribution in [0.4, 0.5) is 18.9 Å². The van der Waals surface area contributed by atoms with Crippen LogP contribution in [-0.4, -0.2) is 19.3 Å². The molecule has 1 heterocycles. The van der Waals surface area contributed by atoms with Crippen LogP contribution in [0.2, 0.25) is 0 Å². The van der Waals surface area contributed by atoms with Crippen LogP contribution >= 0.6 is 0 Å². The number of hydrogen-bond acceptors (Lipinski definition) is 3. The minimum atomic E-state index is -4.41. The highest BCUT2D eigenvalue weighted by Crippen LogP contribution is 2.34. The fraction of sp³-hybridized carbons (Fsp3) is 0.500. The second-order valence-electron chi connectivity index (χ2n) is 4.22. The van der Waals surface area contributed by atoms with Gasteiger partial charge in [0.25, 0.3) is 0 Å². The average molecular weight is 261 g/mol. The number of alkyl halides is 3. The first-order valence-electron chi connectivity index (χ1n) is 5.67. The van der Waals surface area contributed by atoms with Crippen molar-refractivity contribution in [3.8, 4) is 5.75 Å². The number of halogens is 3. The standard InChI is InChI=1S/C12H14F3NO2/c13-12(14,15)8-5-9(16)7-11(6-8)18-10-1-3-17-4-2-10/h5-7,10H,1-4,16H2. The number of ether oxygens (including phenoxy) is 2. The highest BCUT2D eigenvalue weighted by Gasteiger charge is 2.31.